The lowest BCUT2D eigenvalue weighted by Crippen LogP contribution is -2.13. The van der Waals surface area contributed by atoms with Gasteiger partial charge in [0.1, 0.15) is 5.15 Å². The van der Waals surface area contributed by atoms with Crippen molar-refractivity contribution in [2.45, 2.75) is 0 Å². The number of carbonyl (C=O) groups excluding carboxylic acids is 1. The Morgan fingerprint density at radius 2 is 1.81 bits per heavy atom. The van der Waals surface area contributed by atoms with Gasteiger partial charge in [-0.3, -0.25) is 4.79 Å². The fourth-order valence-corrected chi connectivity index (χ4v) is 2.04. The minimum Gasteiger partial charge on any atom is -0.478 e. The van der Waals surface area contributed by atoms with Gasteiger partial charge in [0.15, 0.2) is 0 Å². The number of halogens is 3. The van der Waals surface area contributed by atoms with E-state index in [1.54, 1.807) is 0 Å². The van der Waals surface area contributed by atoms with E-state index in [1.807, 2.05) is 0 Å². The molecule has 0 unspecified atom stereocenters. The number of carbonyl (C=O) groups is 2. The standard InChI is InChI=1S/C13H7Cl3N2O3/c14-8-2-1-6(13(20)21)3-10(8)18-12(19)7-4-11(16)17-5-9(7)15/h1-5H,(H,18,19)(H,20,21). The van der Waals surface area contributed by atoms with E-state index in [-0.39, 0.29) is 32.0 Å². The van der Waals surface area contributed by atoms with Gasteiger partial charge in [-0.25, -0.2) is 9.78 Å². The molecule has 2 rings (SSSR count). The van der Waals surface area contributed by atoms with Crippen molar-refractivity contribution in [1.82, 2.24) is 4.98 Å². The van der Waals surface area contributed by atoms with Crippen molar-refractivity contribution in [3.63, 3.8) is 0 Å². The summed E-state index contributed by atoms with van der Waals surface area (Å²) in [5, 5.41) is 11.8. The van der Waals surface area contributed by atoms with E-state index in [1.165, 1.54) is 30.5 Å². The maximum Gasteiger partial charge on any atom is 0.335 e. The van der Waals surface area contributed by atoms with Crippen molar-refractivity contribution in [3.05, 3.63) is 56.8 Å². The number of nitrogens with one attached hydrogen (secondary N) is 1. The average molecular weight is 346 g/mol. The van der Waals surface area contributed by atoms with Crippen molar-refractivity contribution in [3.8, 4) is 0 Å². The van der Waals surface area contributed by atoms with E-state index in [2.05, 4.69) is 10.3 Å². The number of nitrogens with zero attached hydrogens (tertiary/aromatic N) is 1. The normalized spacial score (nSPS) is 10.2. The number of hydrogen-bond acceptors (Lipinski definition) is 3. The highest BCUT2D eigenvalue weighted by Gasteiger charge is 2.15. The number of benzene rings is 1. The molecule has 108 valence electrons. The first kappa shape index (κ1) is 15.6. The Labute approximate surface area is 134 Å². The number of carboxylic acid groups (broad SMARTS) is 1. The molecule has 1 aromatic heterocycles. The quantitative estimate of drug-likeness (QED) is 0.824. The Balaban J connectivity index is 2.33. The van der Waals surface area contributed by atoms with Gasteiger partial charge in [-0.1, -0.05) is 34.8 Å². The molecule has 0 aliphatic carbocycles. The molecule has 0 aliphatic heterocycles. The van der Waals surface area contributed by atoms with Gasteiger partial charge in [-0.2, -0.15) is 0 Å². The van der Waals surface area contributed by atoms with Crippen molar-refractivity contribution in [2.75, 3.05) is 5.32 Å². The Bertz CT molecular complexity index is 735. The van der Waals surface area contributed by atoms with E-state index in [9.17, 15) is 9.59 Å². The van der Waals surface area contributed by atoms with Crippen LogP contribution in [0.2, 0.25) is 15.2 Å². The highest BCUT2D eigenvalue weighted by atomic mass is 35.5. The summed E-state index contributed by atoms with van der Waals surface area (Å²) in [4.78, 5) is 26.8. The Kier molecular flexibility index (Phi) is 4.67. The number of anilines is 1. The average Bonchev–Trinajstić information content (AvgIpc) is 2.43. The van der Waals surface area contributed by atoms with Crippen LogP contribution in [-0.2, 0) is 0 Å². The molecule has 21 heavy (non-hydrogen) atoms. The SMILES string of the molecule is O=C(O)c1ccc(Cl)c(NC(=O)c2cc(Cl)ncc2Cl)c1. The summed E-state index contributed by atoms with van der Waals surface area (Å²) in [6, 6.07) is 5.26. The van der Waals surface area contributed by atoms with Crippen molar-refractivity contribution < 1.29 is 14.7 Å². The van der Waals surface area contributed by atoms with Crippen LogP contribution < -0.4 is 5.32 Å². The summed E-state index contributed by atoms with van der Waals surface area (Å²) >= 11 is 17.5. The molecule has 0 fully saturated rings. The largest absolute Gasteiger partial charge is 0.478 e. The van der Waals surface area contributed by atoms with E-state index in [4.69, 9.17) is 39.9 Å². The zero-order valence-electron chi connectivity index (χ0n) is 10.2. The molecule has 8 heteroatoms. The van der Waals surface area contributed by atoms with E-state index < -0.39 is 11.9 Å². The molecule has 0 saturated carbocycles. The number of rotatable bonds is 3. The van der Waals surface area contributed by atoms with Crippen LogP contribution in [0.1, 0.15) is 20.7 Å². The summed E-state index contributed by atoms with van der Waals surface area (Å²) in [5.74, 6) is -1.71. The van der Waals surface area contributed by atoms with Gasteiger partial charge in [0, 0.05) is 6.20 Å². The number of carboxylic acids is 1. The molecule has 2 aromatic rings. The van der Waals surface area contributed by atoms with Gasteiger partial charge >= 0.3 is 5.97 Å². The second-order valence-electron chi connectivity index (χ2n) is 3.94. The number of amides is 1. The lowest BCUT2D eigenvalue weighted by Gasteiger charge is -2.09. The van der Waals surface area contributed by atoms with Crippen LogP contribution in [0.4, 0.5) is 5.69 Å². The van der Waals surface area contributed by atoms with E-state index in [0.717, 1.165) is 0 Å². The maximum absolute atomic E-state index is 12.1. The molecule has 1 aromatic carbocycles. The lowest BCUT2D eigenvalue weighted by atomic mass is 10.2. The highest BCUT2D eigenvalue weighted by Crippen LogP contribution is 2.25. The Morgan fingerprint density at radius 1 is 1.10 bits per heavy atom. The summed E-state index contributed by atoms with van der Waals surface area (Å²) in [7, 11) is 0. The second kappa shape index (κ2) is 6.30. The summed E-state index contributed by atoms with van der Waals surface area (Å²) < 4.78 is 0. The zero-order valence-corrected chi connectivity index (χ0v) is 12.5. The fourth-order valence-electron chi connectivity index (χ4n) is 1.53. The highest BCUT2D eigenvalue weighted by molar-refractivity contribution is 6.36. The molecule has 1 heterocycles. The predicted octanol–water partition coefficient (Wildman–Crippen LogP) is 3.99. The van der Waals surface area contributed by atoms with Gasteiger partial charge < -0.3 is 10.4 Å². The number of pyridine rings is 1. The first-order valence-corrected chi connectivity index (χ1v) is 6.67. The molecule has 0 radical (unpaired) electrons. The summed E-state index contributed by atoms with van der Waals surface area (Å²) in [5.41, 5.74) is 0.257. The molecule has 1 amide bonds. The second-order valence-corrected chi connectivity index (χ2v) is 5.14. The van der Waals surface area contributed by atoms with Crippen LogP contribution in [0.15, 0.2) is 30.5 Å². The van der Waals surface area contributed by atoms with Crippen LogP contribution in [0.3, 0.4) is 0 Å². The maximum atomic E-state index is 12.1. The third-order valence-electron chi connectivity index (χ3n) is 2.53. The van der Waals surface area contributed by atoms with Crippen molar-refractivity contribution in [2.24, 2.45) is 0 Å². The van der Waals surface area contributed by atoms with Gasteiger partial charge in [-0.15, -0.1) is 0 Å². The Hall–Kier alpha value is -1.82. The van der Waals surface area contributed by atoms with Gasteiger partial charge in [0.05, 0.1) is 26.9 Å². The third-order valence-corrected chi connectivity index (χ3v) is 3.37. The Morgan fingerprint density at radius 3 is 2.48 bits per heavy atom. The van der Waals surface area contributed by atoms with Crippen LogP contribution >= 0.6 is 34.8 Å². The summed E-state index contributed by atoms with van der Waals surface area (Å²) in [6.07, 6.45) is 1.24. The number of aromatic nitrogens is 1. The molecule has 0 spiro atoms. The molecule has 0 atom stereocenters. The van der Waals surface area contributed by atoms with Crippen molar-refractivity contribution >= 4 is 52.4 Å². The monoisotopic (exact) mass is 344 g/mol. The smallest absolute Gasteiger partial charge is 0.335 e. The van der Waals surface area contributed by atoms with Gasteiger partial charge in [0.25, 0.3) is 5.91 Å². The molecular formula is C13H7Cl3N2O3. The first-order valence-electron chi connectivity index (χ1n) is 5.53. The third kappa shape index (κ3) is 3.64. The van der Waals surface area contributed by atoms with Gasteiger partial charge in [-0.05, 0) is 24.3 Å². The van der Waals surface area contributed by atoms with Crippen LogP contribution in [-0.4, -0.2) is 22.0 Å². The molecular weight excluding hydrogens is 339 g/mol. The topological polar surface area (TPSA) is 79.3 Å². The number of aromatic carboxylic acids is 1. The first-order chi connectivity index (χ1) is 9.88. The molecule has 0 bridgehead atoms. The fraction of sp³-hybridized carbons (Fsp3) is 0. The van der Waals surface area contributed by atoms with Crippen LogP contribution in [0.25, 0.3) is 0 Å². The lowest BCUT2D eigenvalue weighted by molar-refractivity contribution is 0.0696. The van der Waals surface area contributed by atoms with E-state index >= 15 is 0 Å². The van der Waals surface area contributed by atoms with Crippen LogP contribution in [0.5, 0.6) is 0 Å². The van der Waals surface area contributed by atoms with Gasteiger partial charge in [0.2, 0.25) is 0 Å². The van der Waals surface area contributed by atoms with Crippen molar-refractivity contribution in [1.29, 1.82) is 0 Å². The molecule has 2 N–H and O–H groups in total. The zero-order chi connectivity index (χ0) is 15.6. The minimum atomic E-state index is -1.13. The molecule has 0 saturated heterocycles. The predicted molar refractivity (Wildman–Crippen MR) is 80.6 cm³/mol. The summed E-state index contributed by atoms with van der Waals surface area (Å²) in [6.45, 7) is 0. The number of hydrogen-bond donors (Lipinski definition) is 2. The molecule has 0 aliphatic rings. The molecule has 5 nitrogen and oxygen atoms in total. The minimum absolute atomic E-state index is 0.00597. The van der Waals surface area contributed by atoms with E-state index in [0.29, 0.717) is 0 Å². The van der Waals surface area contributed by atoms with Crippen LogP contribution in [0, 0.1) is 0 Å².